The van der Waals surface area contributed by atoms with Crippen molar-refractivity contribution >= 4 is 5.97 Å². The summed E-state index contributed by atoms with van der Waals surface area (Å²) in [5.41, 5.74) is 1.31. The zero-order valence-corrected chi connectivity index (χ0v) is 9.40. The summed E-state index contributed by atoms with van der Waals surface area (Å²) in [6.07, 6.45) is 3.51. The molecule has 2 heterocycles. The van der Waals surface area contributed by atoms with Gasteiger partial charge in [0.25, 0.3) is 0 Å². The normalized spacial score (nSPS) is 20.4. The number of esters is 1. The van der Waals surface area contributed by atoms with Gasteiger partial charge in [-0.15, -0.1) is 0 Å². The largest absolute Gasteiger partial charge is 0.464 e. The minimum atomic E-state index is -0.377. The van der Waals surface area contributed by atoms with Crippen molar-refractivity contribution in [1.82, 2.24) is 10.3 Å². The Hall–Kier alpha value is -1.42. The number of carbonyl (C=O) groups excluding carboxylic acids is 1. The van der Waals surface area contributed by atoms with Crippen LogP contribution >= 0.6 is 0 Å². The van der Waals surface area contributed by atoms with Gasteiger partial charge in [-0.3, -0.25) is 0 Å². The number of pyridine rings is 1. The van der Waals surface area contributed by atoms with E-state index >= 15 is 0 Å². The van der Waals surface area contributed by atoms with Crippen LogP contribution in [0.5, 0.6) is 0 Å². The Balaban J connectivity index is 2.17. The highest BCUT2D eigenvalue weighted by Gasteiger charge is 2.17. The number of methoxy groups -OCH3 is 1. The lowest BCUT2D eigenvalue weighted by Crippen LogP contribution is -2.27. The first-order valence-corrected chi connectivity index (χ1v) is 5.60. The first kappa shape index (κ1) is 11.1. The van der Waals surface area contributed by atoms with Crippen LogP contribution in [0.3, 0.4) is 0 Å². The smallest absolute Gasteiger partial charge is 0.356 e. The average molecular weight is 220 g/mol. The number of hydrogen-bond donors (Lipinski definition) is 1. The quantitative estimate of drug-likeness (QED) is 0.770. The summed E-state index contributed by atoms with van der Waals surface area (Å²) in [7, 11) is 1.37. The van der Waals surface area contributed by atoms with Crippen molar-refractivity contribution in [3.8, 4) is 0 Å². The van der Waals surface area contributed by atoms with Crippen molar-refractivity contribution in [2.24, 2.45) is 0 Å². The van der Waals surface area contributed by atoms with Crippen LogP contribution in [-0.4, -0.2) is 24.6 Å². The van der Waals surface area contributed by atoms with E-state index in [0.29, 0.717) is 5.69 Å². The summed E-state index contributed by atoms with van der Waals surface area (Å²) in [6.45, 7) is 1.02. The summed E-state index contributed by atoms with van der Waals surface area (Å²) in [5.74, 6) is -0.377. The van der Waals surface area contributed by atoms with E-state index in [0.717, 1.165) is 18.7 Å². The van der Waals surface area contributed by atoms with E-state index in [1.54, 1.807) is 6.07 Å². The molecule has 0 saturated carbocycles. The van der Waals surface area contributed by atoms with Gasteiger partial charge in [-0.05, 0) is 31.5 Å². The maximum absolute atomic E-state index is 11.3. The number of piperidine rings is 1. The fourth-order valence-corrected chi connectivity index (χ4v) is 1.97. The molecule has 1 fully saturated rings. The monoisotopic (exact) mass is 220 g/mol. The second kappa shape index (κ2) is 5.07. The number of ether oxygens (including phenoxy) is 1. The molecule has 1 aromatic heterocycles. The Labute approximate surface area is 95.0 Å². The van der Waals surface area contributed by atoms with Crippen LogP contribution in [0.15, 0.2) is 18.2 Å². The molecule has 0 radical (unpaired) electrons. The number of nitrogens with one attached hydrogen (secondary N) is 1. The SMILES string of the molecule is COC(=O)c1cccc(C2CCCCN2)n1. The molecule has 1 aromatic rings. The minimum Gasteiger partial charge on any atom is -0.464 e. The summed E-state index contributed by atoms with van der Waals surface area (Å²) in [4.78, 5) is 15.7. The highest BCUT2D eigenvalue weighted by molar-refractivity contribution is 5.87. The lowest BCUT2D eigenvalue weighted by atomic mass is 10.0. The van der Waals surface area contributed by atoms with E-state index in [4.69, 9.17) is 0 Å². The molecule has 1 aliphatic heterocycles. The van der Waals surface area contributed by atoms with Gasteiger partial charge in [0.15, 0.2) is 0 Å². The molecular weight excluding hydrogens is 204 g/mol. The van der Waals surface area contributed by atoms with E-state index in [9.17, 15) is 4.79 Å². The van der Waals surface area contributed by atoms with Crippen LogP contribution in [0.4, 0.5) is 0 Å². The zero-order chi connectivity index (χ0) is 11.4. The maximum Gasteiger partial charge on any atom is 0.356 e. The van der Waals surface area contributed by atoms with Crippen molar-refractivity contribution in [3.05, 3.63) is 29.6 Å². The molecule has 86 valence electrons. The Kier molecular flexibility index (Phi) is 3.51. The van der Waals surface area contributed by atoms with Gasteiger partial charge in [-0.2, -0.15) is 0 Å². The van der Waals surface area contributed by atoms with Crippen LogP contribution in [0.1, 0.15) is 41.5 Å². The predicted octanol–water partition coefficient (Wildman–Crippen LogP) is 1.68. The molecule has 1 saturated heterocycles. The molecule has 16 heavy (non-hydrogen) atoms. The molecule has 2 rings (SSSR count). The van der Waals surface area contributed by atoms with Gasteiger partial charge in [0.1, 0.15) is 5.69 Å². The van der Waals surface area contributed by atoms with Gasteiger partial charge in [-0.1, -0.05) is 12.5 Å². The van der Waals surface area contributed by atoms with Crippen LogP contribution in [0, 0.1) is 0 Å². The second-order valence-electron chi connectivity index (χ2n) is 3.94. The molecule has 4 heteroatoms. The standard InChI is InChI=1S/C12H16N2O2/c1-16-12(15)11-7-4-6-10(14-11)9-5-2-3-8-13-9/h4,6-7,9,13H,2-3,5,8H2,1H3. The van der Waals surface area contributed by atoms with E-state index in [-0.39, 0.29) is 12.0 Å². The molecule has 1 unspecified atom stereocenters. The van der Waals surface area contributed by atoms with Crippen molar-refractivity contribution < 1.29 is 9.53 Å². The van der Waals surface area contributed by atoms with Crippen LogP contribution in [0.2, 0.25) is 0 Å². The minimum absolute atomic E-state index is 0.276. The van der Waals surface area contributed by atoms with Crippen molar-refractivity contribution in [2.45, 2.75) is 25.3 Å². The predicted molar refractivity (Wildman–Crippen MR) is 60.2 cm³/mol. The molecule has 0 spiro atoms. The molecule has 1 N–H and O–H groups in total. The first-order valence-electron chi connectivity index (χ1n) is 5.60. The molecule has 0 aromatic carbocycles. The number of rotatable bonds is 2. The Morgan fingerprint density at radius 3 is 3.06 bits per heavy atom. The molecule has 0 amide bonds. The van der Waals surface area contributed by atoms with Crippen molar-refractivity contribution in [2.75, 3.05) is 13.7 Å². The summed E-state index contributed by atoms with van der Waals surface area (Å²) >= 11 is 0. The summed E-state index contributed by atoms with van der Waals surface area (Å²) in [6, 6.07) is 5.76. The third-order valence-electron chi connectivity index (χ3n) is 2.83. The van der Waals surface area contributed by atoms with Crippen LogP contribution in [0.25, 0.3) is 0 Å². The Morgan fingerprint density at radius 2 is 2.38 bits per heavy atom. The fourth-order valence-electron chi connectivity index (χ4n) is 1.97. The Morgan fingerprint density at radius 1 is 1.50 bits per heavy atom. The third-order valence-corrected chi connectivity index (χ3v) is 2.83. The van der Waals surface area contributed by atoms with Gasteiger partial charge >= 0.3 is 5.97 Å². The molecule has 1 atom stereocenters. The third kappa shape index (κ3) is 2.39. The van der Waals surface area contributed by atoms with Gasteiger partial charge < -0.3 is 10.1 Å². The molecule has 1 aliphatic rings. The molecule has 0 bridgehead atoms. The van der Waals surface area contributed by atoms with Gasteiger partial charge in [0, 0.05) is 6.04 Å². The summed E-state index contributed by atoms with van der Waals surface area (Å²) < 4.78 is 4.66. The van der Waals surface area contributed by atoms with E-state index in [2.05, 4.69) is 15.0 Å². The number of nitrogens with zero attached hydrogens (tertiary/aromatic N) is 1. The van der Waals surface area contributed by atoms with E-state index in [1.165, 1.54) is 20.0 Å². The number of hydrogen-bond acceptors (Lipinski definition) is 4. The van der Waals surface area contributed by atoms with Crippen molar-refractivity contribution in [1.29, 1.82) is 0 Å². The van der Waals surface area contributed by atoms with Crippen LogP contribution in [-0.2, 0) is 4.74 Å². The Bertz CT molecular complexity index is 373. The van der Waals surface area contributed by atoms with Gasteiger partial charge in [-0.25, -0.2) is 9.78 Å². The lowest BCUT2D eigenvalue weighted by Gasteiger charge is -2.23. The van der Waals surface area contributed by atoms with Crippen LogP contribution < -0.4 is 5.32 Å². The first-order chi connectivity index (χ1) is 7.81. The lowest BCUT2D eigenvalue weighted by molar-refractivity contribution is 0.0593. The molecule has 0 aliphatic carbocycles. The molecular formula is C12H16N2O2. The molecule has 4 nitrogen and oxygen atoms in total. The highest BCUT2D eigenvalue weighted by atomic mass is 16.5. The van der Waals surface area contributed by atoms with Crippen molar-refractivity contribution in [3.63, 3.8) is 0 Å². The highest BCUT2D eigenvalue weighted by Crippen LogP contribution is 2.21. The fraction of sp³-hybridized carbons (Fsp3) is 0.500. The maximum atomic E-state index is 11.3. The second-order valence-corrected chi connectivity index (χ2v) is 3.94. The van der Waals surface area contributed by atoms with Gasteiger partial charge in [0.2, 0.25) is 0 Å². The summed E-state index contributed by atoms with van der Waals surface area (Å²) in [5, 5.41) is 3.40. The topological polar surface area (TPSA) is 51.2 Å². The van der Waals surface area contributed by atoms with Gasteiger partial charge in [0.05, 0.1) is 12.8 Å². The number of aromatic nitrogens is 1. The van der Waals surface area contributed by atoms with E-state index < -0.39 is 0 Å². The zero-order valence-electron chi connectivity index (χ0n) is 9.40. The van der Waals surface area contributed by atoms with E-state index in [1.807, 2.05) is 12.1 Å². The average Bonchev–Trinajstić information content (AvgIpc) is 2.39. The number of carbonyl (C=O) groups is 1.